The van der Waals surface area contributed by atoms with Gasteiger partial charge in [0.1, 0.15) is 0 Å². The summed E-state index contributed by atoms with van der Waals surface area (Å²) in [4.78, 5) is 12.2. The van der Waals surface area contributed by atoms with Gasteiger partial charge in [-0.2, -0.15) is 5.10 Å². The fourth-order valence-electron chi connectivity index (χ4n) is 2.34. The largest absolute Gasteiger partial charge is 0.394 e. The summed E-state index contributed by atoms with van der Waals surface area (Å²) in [6, 6.07) is 5.59. The summed E-state index contributed by atoms with van der Waals surface area (Å²) in [5.41, 5.74) is 0.915. The lowest BCUT2D eigenvalue weighted by Gasteiger charge is -2.40. The number of fused-ring (bicyclic) bond motifs is 1. The van der Waals surface area contributed by atoms with Crippen molar-refractivity contribution in [2.24, 2.45) is 0 Å². The second-order valence-electron chi connectivity index (χ2n) is 4.83. The first-order chi connectivity index (χ1) is 8.74. The number of rotatable bonds is 3. The zero-order valence-corrected chi connectivity index (χ0v) is 9.97. The molecular formula is C13H15N3O2. The molecule has 0 atom stereocenters. The molecular weight excluding hydrogens is 230 g/mol. The third kappa shape index (κ3) is 1.67. The molecule has 1 saturated carbocycles. The summed E-state index contributed by atoms with van der Waals surface area (Å²) in [7, 11) is 0. The fourth-order valence-corrected chi connectivity index (χ4v) is 2.34. The Labute approximate surface area is 104 Å². The van der Waals surface area contributed by atoms with Crippen molar-refractivity contribution in [3.63, 3.8) is 0 Å². The van der Waals surface area contributed by atoms with E-state index in [1.54, 1.807) is 16.9 Å². The molecule has 1 aliphatic carbocycles. The molecule has 0 radical (unpaired) electrons. The van der Waals surface area contributed by atoms with Crippen molar-refractivity contribution in [2.45, 2.75) is 24.8 Å². The van der Waals surface area contributed by atoms with Gasteiger partial charge in [-0.25, -0.2) is 4.52 Å². The van der Waals surface area contributed by atoms with Crippen molar-refractivity contribution < 1.29 is 9.90 Å². The molecule has 5 nitrogen and oxygen atoms in total. The number of aliphatic hydroxyl groups excluding tert-OH is 1. The topological polar surface area (TPSA) is 66.6 Å². The molecule has 2 aromatic heterocycles. The summed E-state index contributed by atoms with van der Waals surface area (Å²) in [5.74, 6) is -0.162. The summed E-state index contributed by atoms with van der Waals surface area (Å²) in [5, 5.41) is 16.4. The standard InChI is InChI=1S/C13H15N3O2/c17-9-13(5-3-6-13)15-12(18)10-8-14-16-7-2-1-4-11(10)16/h1-2,4,7-8,17H,3,5-6,9H2,(H,15,18). The van der Waals surface area contributed by atoms with E-state index in [1.807, 2.05) is 18.2 Å². The molecule has 0 bridgehead atoms. The van der Waals surface area contributed by atoms with E-state index in [-0.39, 0.29) is 12.5 Å². The second kappa shape index (κ2) is 4.10. The Morgan fingerprint density at radius 3 is 3.00 bits per heavy atom. The first-order valence-electron chi connectivity index (χ1n) is 6.10. The molecule has 18 heavy (non-hydrogen) atoms. The monoisotopic (exact) mass is 245 g/mol. The maximum absolute atomic E-state index is 12.2. The zero-order chi connectivity index (χ0) is 12.6. The number of carbonyl (C=O) groups excluding carboxylic acids is 1. The smallest absolute Gasteiger partial charge is 0.255 e. The van der Waals surface area contributed by atoms with Crippen molar-refractivity contribution in [1.29, 1.82) is 0 Å². The Balaban J connectivity index is 1.88. The summed E-state index contributed by atoms with van der Waals surface area (Å²) in [6.45, 7) is -0.00203. The number of aliphatic hydroxyl groups is 1. The number of hydrogen-bond acceptors (Lipinski definition) is 3. The van der Waals surface area contributed by atoms with Gasteiger partial charge in [-0.1, -0.05) is 6.07 Å². The Kier molecular flexibility index (Phi) is 2.56. The molecule has 2 heterocycles. The van der Waals surface area contributed by atoms with E-state index in [9.17, 15) is 9.90 Å². The Morgan fingerprint density at radius 1 is 1.50 bits per heavy atom. The number of amides is 1. The molecule has 0 spiro atoms. The Hall–Kier alpha value is -1.88. The van der Waals surface area contributed by atoms with Crippen molar-refractivity contribution in [3.8, 4) is 0 Å². The molecule has 3 rings (SSSR count). The van der Waals surface area contributed by atoms with Crippen LogP contribution in [0.5, 0.6) is 0 Å². The highest BCUT2D eigenvalue weighted by Gasteiger charge is 2.38. The van der Waals surface area contributed by atoms with Crippen molar-refractivity contribution >= 4 is 11.4 Å². The summed E-state index contributed by atoms with van der Waals surface area (Å²) >= 11 is 0. The lowest BCUT2D eigenvalue weighted by atomic mass is 9.77. The fraction of sp³-hybridized carbons (Fsp3) is 0.385. The minimum absolute atomic E-state index is 0.00203. The molecule has 2 aromatic rings. The average molecular weight is 245 g/mol. The third-order valence-electron chi connectivity index (χ3n) is 3.66. The SMILES string of the molecule is O=C(NC1(CO)CCC1)c1cnn2ccccc12. The van der Waals surface area contributed by atoms with E-state index in [0.29, 0.717) is 5.56 Å². The first-order valence-corrected chi connectivity index (χ1v) is 6.10. The van der Waals surface area contributed by atoms with Gasteiger partial charge >= 0.3 is 0 Å². The minimum Gasteiger partial charge on any atom is -0.394 e. The van der Waals surface area contributed by atoms with Gasteiger partial charge in [0.15, 0.2) is 0 Å². The van der Waals surface area contributed by atoms with Crippen LogP contribution in [-0.2, 0) is 0 Å². The number of aromatic nitrogens is 2. The molecule has 0 saturated heterocycles. The van der Waals surface area contributed by atoms with Crippen LogP contribution in [0, 0.1) is 0 Å². The highest BCUT2D eigenvalue weighted by molar-refractivity contribution is 6.01. The molecule has 94 valence electrons. The van der Waals surface area contributed by atoms with Gasteiger partial charge in [0.25, 0.3) is 5.91 Å². The maximum Gasteiger partial charge on any atom is 0.255 e. The molecule has 5 heteroatoms. The van der Waals surface area contributed by atoms with Crippen LogP contribution in [0.2, 0.25) is 0 Å². The lowest BCUT2D eigenvalue weighted by molar-refractivity contribution is 0.0643. The van der Waals surface area contributed by atoms with E-state index < -0.39 is 5.54 Å². The molecule has 0 unspecified atom stereocenters. The van der Waals surface area contributed by atoms with Gasteiger partial charge < -0.3 is 10.4 Å². The molecule has 1 fully saturated rings. The zero-order valence-electron chi connectivity index (χ0n) is 9.97. The molecule has 2 N–H and O–H groups in total. The predicted molar refractivity (Wildman–Crippen MR) is 66.3 cm³/mol. The lowest BCUT2D eigenvalue weighted by Crippen LogP contribution is -2.56. The number of carbonyl (C=O) groups is 1. The molecule has 0 aliphatic heterocycles. The first kappa shape index (κ1) is 11.2. The van der Waals surface area contributed by atoms with Crippen LogP contribution < -0.4 is 5.32 Å². The molecule has 1 aliphatic rings. The third-order valence-corrected chi connectivity index (χ3v) is 3.66. The van der Waals surface area contributed by atoms with Crippen LogP contribution in [0.25, 0.3) is 5.52 Å². The van der Waals surface area contributed by atoms with Gasteiger partial charge in [-0.3, -0.25) is 4.79 Å². The Morgan fingerprint density at radius 2 is 2.33 bits per heavy atom. The predicted octanol–water partition coefficient (Wildman–Crippen LogP) is 0.979. The van der Waals surface area contributed by atoms with Gasteiger partial charge in [0.2, 0.25) is 0 Å². The van der Waals surface area contributed by atoms with E-state index in [1.165, 1.54) is 0 Å². The van der Waals surface area contributed by atoms with E-state index >= 15 is 0 Å². The molecule has 0 aromatic carbocycles. The van der Waals surface area contributed by atoms with Crippen LogP contribution >= 0.6 is 0 Å². The number of hydrogen-bond donors (Lipinski definition) is 2. The Bertz CT molecular complexity index is 581. The number of nitrogens with one attached hydrogen (secondary N) is 1. The summed E-state index contributed by atoms with van der Waals surface area (Å²) in [6.07, 6.45) is 6.10. The minimum atomic E-state index is -0.417. The highest BCUT2D eigenvalue weighted by atomic mass is 16.3. The van der Waals surface area contributed by atoms with Gasteiger partial charge in [0, 0.05) is 6.20 Å². The van der Waals surface area contributed by atoms with Crippen molar-refractivity contribution in [2.75, 3.05) is 6.61 Å². The van der Waals surface area contributed by atoms with Crippen LogP contribution in [0.4, 0.5) is 0 Å². The number of nitrogens with zero attached hydrogens (tertiary/aromatic N) is 2. The van der Waals surface area contributed by atoms with Crippen molar-refractivity contribution in [3.05, 3.63) is 36.2 Å². The van der Waals surface area contributed by atoms with Gasteiger partial charge in [-0.15, -0.1) is 0 Å². The van der Waals surface area contributed by atoms with Crippen LogP contribution in [0.3, 0.4) is 0 Å². The average Bonchev–Trinajstić information content (AvgIpc) is 2.77. The quantitative estimate of drug-likeness (QED) is 0.847. The van der Waals surface area contributed by atoms with Crippen LogP contribution in [0.15, 0.2) is 30.6 Å². The summed E-state index contributed by atoms with van der Waals surface area (Å²) < 4.78 is 1.67. The van der Waals surface area contributed by atoms with Crippen molar-refractivity contribution in [1.82, 2.24) is 14.9 Å². The highest BCUT2D eigenvalue weighted by Crippen LogP contribution is 2.31. The maximum atomic E-state index is 12.2. The normalized spacial score (nSPS) is 17.4. The molecule has 1 amide bonds. The second-order valence-corrected chi connectivity index (χ2v) is 4.83. The van der Waals surface area contributed by atoms with Gasteiger partial charge in [-0.05, 0) is 31.4 Å². The van der Waals surface area contributed by atoms with E-state index in [4.69, 9.17) is 0 Å². The van der Waals surface area contributed by atoms with E-state index in [0.717, 1.165) is 24.8 Å². The van der Waals surface area contributed by atoms with E-state index in [2.05, 4.69) is 10.4 Å². The number of pyridine rings is 1. The van der Waals surface area contributed by atoms with Crippen LogP contribution in [0.1, 0.15) is 29.6 Å². The van der Waals surface area contributed by atoms with Gasteiger partial charge in [0.05, 0.1) is 29.4 Å². The van der Waals surface area contributed by atoms with Crippen LogP contribution in [-0.4, -0.2) is 32.8 Å².